The standard InChI is InChI=1S/C17H13ClFN3O2S/c18-12-8-11(6-7-13(12)19)20-16(24)14-9-15(23)22-17(25-14)21-10-4-2-1-3-5-10/h1-8,14H,9H2,(H,20,24)(H,21,22,23)/t14-/m1/s1. The molecule has 0 saturated carbocycles. The molecule has 2 aromatic carbocycles. The van der Waals surface area contributed by atoms with Crippen molar-refractivity contribution in [3.05, 3.63) is 59.4 Å². The van der Waals surface area contributed by atoms with Crippen LogP contribution in [0.4, 0.5) is 15.8 Å². The molecule has 1 aliphatic heterocycles. The second-order valence-electron chi connectivity index (χ2n) is 5.23. The second-order valence-corrected chi connectivity index (χ2v) is 6.83. The highest BCUT2D eigenvalue weighted by Gasteiger charge is 2.30. The minimum atomic E-state index is -0.639. The smallest absolute Gasteiger partial charge is 0.238 e. The van der Waals surface area contributed by atoms with E-state index in [-0.39, 0.29) is 23.3 Å². The lowest BCUT2D eigenvalue weighted by atomic mass is 10.2. The van der Waals surface area contributed by atoms with Crippen molar-refractivity contribution in [3.63, 3.8) is 0 Å². The number of amidine groups is 1. The Balaban J connectivity index is 1.72. The van der Waals surface area contributed by atoms with Crippen molar-refractivity contribution in [3.8, 4) is 0 Å². The molecule has 128 valence electrons. The van der Waals surface area contributed by atoms with Crippen LogP contribution in [0.3, 0.4) is 0 Å². The summed E-state index contributed by atoms with van der Waals surface area (Å²) in [4.78, 5) is 28.6. The predicted octanol–water partition coefficient (Wildman–Crippen LogP) is 3.73. The number of halogens is 2. The number of nitrogens with one attached hydrogen (secondary N) is 2. The Bertz CT molecular complexity index is 845. The van der Waals surface area contributed by atoms with Crippen molar-refractivity contribution in [1.82, 2.24) is 5.32 Å². The van der Waals surface area contributed by atoms with Crippen molar-refractivity contribution in [2.75, 3.05) is 5.32 Å². The molecule has 1 aliphatic rings. The maximum Gasteiger partial charge on any atom is 0.238 e. The first-order chi connectivity index (χ1) is 12.0. The Kier molecular flexibility index (Phi) is 5.35. The van der Waals surface area contributed by atoms with Gasteiger partial charge in [0, 0.05) is 12.1 Å². The fourth-order valence-corrected chi connectivity index (χ4v) is 3.34. The summed E-state index contributed by atoms with van der Waals surface area (Å²) in [5, 5.41) is 4.93. The first-order valence-electron chi connectivity index (χ1n) is 7.37. The van der Waals surface area contributed by atoms with Gasteiger partial charge in [0.15, 0.2) is 5.17 Å². The summed E-state index contributed by atoms with van der Waals surface area (Å²) in [6.07, 6.45) is 0.0270. The van der Waals surface area contributed by atoms with Crippen LogP contribution >= 0.6 is 23.4 Å². The van der Waals surface area contributed by atoms with Gasteiger partial charge in [-0.15, -0.1) is 0 Å². The molecule has 0 bridgehead atoms. The van der Waals surface area contributed by atoms with Gasteiger partial charge in [0.05, 0.1) is 10.7 Å². The minimum absolute atomic E-state index is 0.0270. The second kappa shape index (κ2) is 7.67. The number of nitrogens with zero attached hydrogens (tertiary/aromatic N) is 1. The lowest BCUT2D eigenvalue weighted by Crippen LogP contribution is -2.41. The number of aliphatic imine (C=N–C) groups is 1. The van der Waals surface area contributed by atoms with Crippen LogP contribution in [-0.2, 0) is 9.59 Å². The molecule has 25 heavy (non-hydrogen) atoms. The van der Waals surface area contributed by atoms with Crippen molar-refractivity contribution in [1.29, 1.82) is 0 Å². The molecule has 0 radical (unpaired) electrons. The van der Waals surface area contributed by atoms with E-state index in [9.17, 15) is 14.0 Å². The maximum atomic E-state index is 13.2. The van der Waals surface area contributed by atoms with E-state index in [0.717, 1.165) is 11.8 Å². The van der Waals surface area contributed by atoms with Gasteiger partial charge >= 0.3 is 0 Å². The largest absolute Gasteiger partial charge is 0.325 e. The van der Waals surface area contributed by atoms with Gasteiger partial charge in [-0.25, -0.2) is 9.38 Å². The van der Waals surface area contributed by atoms with E-state index < -0.39 is 11.1 Å². The van der Waals surface area contributed by atoms with Crippen molar-refractivity contribution < 1.29 is 14.0 Å². The molecule has 0 aromatic heterocycles. The zero-order valence-electron chi connectivity index (χ0n) is 12.8. The van der Waals surface area contributed by atoms with Crippen LogP contribution in [0.2, 0.25) is 5.02 Å². The zero-order chi connectivity index (χ0) is 17.8. The number of hydrogen-bond acceptors (Lipinski definition) is 4. The molecular formula is C17H13ClFN3O2S. The molecule has 0 spiro atoms. The molecule has 5 nitrogen and oxygen atoms in total. The highest BCUT2D eigenvalue weighted by atomic mass is 35.5. The van der Waals surface area contributed by atoms with E-state index in [4.69, 9.17) is 11.6 Å². The lowest BCUT2D eigenvalue weighted by Gasteiger charge is -2.22. The summed E-state index contributed by atoms with van der Waals surface area (Å²) in [5.41, 5.74) is 1.04. The average Bonchev–Trinajstić information content (AvgIpc) is 2.58. The van der Waals surface area contributed by atoms with E-state index in [1.165, 1.54) is 18.2 Å². The van der Waals surface area contributed by atoms with Crippen LogP contribution in [0.1, 0.15) is 6.42 Å². The Hall–Kier alpha value is -2.38. The normalized spacial score (nSPS) is 18.7. The fraction of sp³-hybridized carbons (Fsp3) is 0.118. The minimum Gasteiger partial charge on any atom is -0.325 e. The molecule has 2 aromatic rings. The molecule has 2 amide bonds. The number of carbonyl (C=O) groups is 2. The van der Waals surface area contributed by atoms with Gasteiger partial charge in [0.2, 0.25) is 11.8 Å². The third-order valence-electron chi connectivity index (χ3n) is 3.34. The fourth-order valence-electron chi connectivity index (χ4n) is 2.16. The van der Waals surface area contributed by atoms with Gasteiger partial charge in [-0.05, 0) is 30.3 Å². The Morgan fingerprint density at radius 1 is 1.28 bits per heavy atom. The van der Waals surface area contributed by atoms with Crippen LogP contribution in [0.25, 0.3) is 0 Å². The molecule has 2 N–H and O–H groups in total. The molecule has 1 saturated heterocycles. The predicted molar refractivity (Wildman–Crippen MR) is 97.7 cm³/mol. The van der Waals surface area contributed by atoms with Crippen LogP contribution < -0.4 is 10.6 Å². The van der Waals surface area contributed by atoms with E-state index in [1.54, 1.807) is 12.1 Å². The van der Waals surface area contributed by atoms with E-state index in [2.05, 4.69) is 15.6 Å². The van der Waals surface area contributed by atoms with Crippen LogP contribution in [0, 0.1) is 5.82 Å². The summed E-state index contributed by atoms with van der Waals surface area (Å²) in [6, 6.07) is 13.0. The molecule has 3 rings (SSSR count). The number of thioether (sulfide) groups is 1. The van der Waals surface area contributed by atoms with Gasteiger partial charge in [-0.2, -0.15) is 0 Å². The molecule has 8 heteroatoms. The molecular weight excluding hydrogens is 365 g/mol. The summed E-state index contributed by atoms with van der Waals surface area (Å²) in [6.45, 7) is 0. The van der Waals surface area contributed by atoms with Gasteiger partial charge < -0.3 is 10.6 Å². The highest BCUT2D eigenvalue weighted by molar-refractivity contribution is 8.15. The molecule has 1 atom stereocenters. The van der Waals surface area contributed by atoms with Gasteiger partial charge in [0.1, 0.15) is 11.1 Å². The summed E-state index contributed by atoms with van der Waals surface area (Å²) in [5.74, 6) is -1.22. The highest BCUT2D eigenvalue weighted by Crippen LogP contribution is 2.25. The average molecular weight is 378 g/mol. The Labute approximate surface area is 152 Å². The molecule has 1 heterocycles. The number of para-hydroxylation sites is 1. The number of amides is 2. The van der Waals surface area contributed by atoms with Crippen molar-refractivity contribution >= 4 is 51.7 Å². The zero-order valence-corrected chi connectivity index (χ0v) is 14.4. The number of rotatable bonds is 3. The first-order valence-corrected chi connectivity index (χ1v) is 8.63. The number of benzene rings is 2. The Morgan fingerprint density at radius 3 is 2.76 bits per heavy atom. The Morgan fingerprint density at radius 2 is 2.04 bits per heavy atom. The first kappa shape index (κ1) is 17.4. The van der Waals surface area contributed by atoms with E-state index in [1.807, 2.05) is 18.2 Å². The number of carbonyl (C=O) groups excluding carboxylic acids is 2. The van der Waals surface area contributed by atoms with Crippen molar-refractivity contribution in [2.45, 2.75) is 11.7 Å². The summed E-state index contributed by atoms with van der Waals surface area (Å²) >= 11 is 6.87. The van der Waals surface area contributed by atoms with E-state index >= 15 is 0 Å². The van der Waals surface area contributed by atoms with Crippen LogP contribution in [0.5, 0.6) is 0 Å². The number of hydrogen-bond donors (Lipinski definition) is 2. The summed E-state index contributed by atoms with van der Waals surface area (Å²) < 4.78 is 13.2. The lowest BCUT2D eigenvalue weighted by molar-refractivity contribution is -0.123. The third kappa shape index (κ3) is 4.58. The quantitative estimate of drug-likeness (QED) is 0.856. The van der Waals surface area contributed by atoms with Gasteiger partial charge in [-0.1, -0.05) is 41.6 Å². The van der Waals surface area contributed by atoms with Gasteiger partial charge in [0.25, 0.3) is 0 Å². The number of anilines is 1. The van der Waals surface area contributed by atoms with Crippen LogP contribution in [0.15, 0.2) is 53.5 Å². The molecule has 0 unspecified atom stereocenters. The monoisotopic (exact) mass is 377 g/mol. The molecule has 1 fully saturated rings. The van der Waals surface area contributed by atoms with Crippen molar-refractivity contribution in [2.24, 2.45) is 4.99 Å². The van der Waals surface area contributed by atoms with Crippen LogP contribution in [-0.4, -0.2) is 22.2 Å². The van der Waals surface area contributed by atoms with E-state index in [0.29, 0.717) is 16.5 Å². The molecule has 0 aliphatic carbocycles. The third-order valence-corrected chi connectivity index (χ3v) is 4.71. The topological polar surface area (TPSA) is 70.6 Å². The van der Waals surface area contributed by atoms with Gasteiger partial charge in [-0.3, -0.25) is 9.59 Å². The summed E-state index contributed by atoms with van der Waals surface area (Å²) in [7, 11) is 0. The SMILES string of the molecule is O=C1C[C@H](C(=O)Nc2ccc(F)c(Cl)c2)SC(=Nc2ccccc2)N1. The maximum absolute atomic E-state index is 13.2.